The molecular weight excluding hydrogens is 584 g/mol. The average Bonchev–Trinajstić information content (AvgIpc) is 3.23. The van der Waals surface area contributed by atoms with Crippen LogP contribution < -0.4 is 16.4 Å². The van der Waals surface area contributed by atoms with Crippen molar-refractivity contribution in [3.63, 3.8) is 0 Å². The lowest BCUT2D eigenvalue weighted by Crippen LogP contribution is -2.48. The summed E-state index contributed by atoms with van der Waals surface area (Å²) in [7, 11) is 0. The van der Waals surface area contributed by atoms with Gasteiger partial charge in [0.1, 0.15) is 10.6 Å². The van der Waals surface area contributed by atoms with Crippen LogP contribution in [0.2, 0.25) is 0 Å². The fourth-order valence-electron chi connectivity index (χ4n) is 3.61. The van der Waals surface area contributed by atoms with Gasteiger partial charge in [0.25, 0.3) is 0 Å². The van der Waals surface area contributed by atoms with Crippen LogP contribution >= 0.6 is 27.7 Å². The highest BCUT2D eigenvalue weighted by Crippen LogP contribution is 2.39. The molecule has 1 unspecified atom stereocenters. The molecule has 0 aliphatic carbocycles. The number of thioether (sulfide) groups is 1. The van der Waals surface area contributed by atoms with Gasteiger partial charge >= 0.3 is 17.1 Å². The molecule has 0 aliphatic rings. The van der Waals surface area contributed by atoms with Gasteiger partial charge in [0, 0.05) is 17.3 Å². The molecule has 5 N–H and O–H groups in total. The van der Waals surface area contributed by atoms with Gasteiger partial charge in [-0.1, -0.05) is 24.3 Å². The third kappa shape index (κ3) is 6.78. The molecule has 3 aromatic rings. The molecule has 1 heterocycles. The molecule has 3 rings (SSSR count). The summed E-state index contributed by atoms with van der Waals surface area (Å²) in [5.74, 6) is -2.81. The second-order valence-corrected chi connectivity index (χ2v) is 9.76. The maximum absolute atomic E-state index is 15.2. The number of alkyl halides is 2. The summed E-state index contributed by atoms with van der Waals surface area (Å²) in [6, 6.07) is 11.0. The predicted molar refractivity (Wildman–Crippen MR) is 142 cm³/mol. The number of benzene rings is 2. The van der Waals surface area contributed by atoms with Crippen LogP contribution in [0.4, 0.5) is 8.78 Å². The quantitative estimate of drug-likeness (QED) is 0.0844. The zero-order valence-corrected chi connectivity index (χ0v) is 22.5. The molecule has 1 amide bonds. The number of rotatable bonds is 11. The zero-order chi connectivity index (χ0) is 27.9. The number of carbonyl (C=O) groups is 2. The first-order valence-electron chi connectivity index (χ1n) is 11.4. The Morgan fingerprint density at radius 3 is 2.68 bits per heavy atom. The Hall–Kier alpha value is -3.70. The van der Waals surface area contributed by atoms with E-state index in [0.29, 0.717) is 26.6 Å². The van der Waals surface area contributed by atoms with Gasteiger partial charge < -0.3 is 21.1 Å². The number of nitrogens with two attached hydrogens (primary N) is 1. The van der Waals surface area contributed by atoms with Gasteiger partial charge in [-0.3, -0.25) is 14.8 Å². The Bertz CT molecular complexity index is 1390. The number of nitriles is 1. The molecule has 0 spiro atoms. The highest BCUT2D eigenvalue weighted by Gasteiger charge is 2.44. The van der Waals surface area contributed by atoms with Gasteiger partial charge in [0.2, 0.25) is 0 Å². The van der Waals surface area contributed by atoms with Crippen LogP contribution in [0.3, 0.4) is 0 Å². The lowest BCUT2D eigenvalue weighted by atomic mass is 10.0. The Balaban J connectivity index is 1.85. The first-order valence-corrected chi connectivity index (χ1v) is 13.0. The zero-order valence-electron chi connectivity index (χ0n) is 20.1. The third-order valence-electron chi connectivity index (χ3n) is 5.29. The smallest absolute Gasteiger partial charge is 0.377 e. The molecule has 2 aromatic carbocycles. The molecule has 0 radical (unpaired) electrons. The van der Waals surface area contributed by atoms with E-state index in [0.717, 1.165) is 0 Å². The summed E-state index contributed by atoms with van der Waals surface area (Å²) in [6.45, 7) is 1.77. The maximum Gasteiger partial charge on any atom is 0.377 e. The molecule has 200 valence electrons. The molecular formula is C24H24BrF2N7O3S. The third-order valence-corrected chi connectivity index (χ3v) is 6.77. The lowest BCUT2D eigenvalue weighted by molar-refractivity contribution is -0.149. The number of nitrogens with one attached hydrogen (secondary N) is 3. The summed E-state index contributed by atoms with van der Waals surface area (Å²) in [5, 5.41) is 18.3. The van der Waals surface area contributed by atoms with Crippen molar-refractivity contribution in [3.05, 3.63) is 52.8 Å². The number of guanidine groups is 1. The predicted octanol–water partition coefficient (Wildman–Crippen LogP) is 3.66. The second-order valence-electron chi connectivity index (χ2n) is 7.87. The van der Waals surface area contributed by atoms with Gasteiger partial charge in [0.05, 0.1) is 30.1 Å². The van der Waals surface area contributed by atoms with Gasteiger partial charge in [-0.15, -0.1) is 0 Å². The van der Waals surface area contributed by atoms with Crippen molar-refractivity contribution in [2.24, 2.45) is 5.73 Å². The Kier molecular flexibility index (Phi) is 9.65. The molecule has 0 bridgehead atoms. The molecule has 38 heavy (non-hydrogen) atoms. The topological polar surface area (TPSA) is 159 Å². The van der Waals surface area contributed by atoms with E-state index in [1.54, 1.807) is 43.3 Å². The first kappa shape index (κ1) is 28.9. The van der Waals surface area contributed by atoms with Gasteiger partial charge in [-0.2, -0.15) is 14.0 Å². The average molecular weight is 608 g/mol. The van der Waals surface area contributed by atoms with E-state index in [2.05, 4.69) is 37.6 Å². The molecule has 14 heteroatoms. The number of hydrogen-bond donors (Lipinski definition) is 4. The minimum absolute atomic E-state index is 0.00600. The fraction of sp³-hybridized carbons (Fsp3) is 0.292. The number of carbonyl (C=O) groups excluding carboxylic acids is 2. The summed E-state index contributed by atoms with van der Waals surface area (Å²) < 4.78 is 37.0. The van der Waals surface area contributed by atoms with Crippen molar-refractivity contribution in [1.29, 1.82) is 10.7 Å². The standard InChI is InChI=1S/C24H24BrF2N7O3S/c1-2-37-20(35)17(8-5-11-31-22(29)30)33-21(36)24(26,27)38-23-32-13-19(25)34(23)18-10-9-14(12-28)15-6-3-4-7-16(15)18/h3-4,6-7,9-10,13,17H,2,5,8,11H2,1H3,(H,33,36)(H4,29,30,31). The van der Waals surface area contributed by atoms with E-state index in [9.17, 15) is 14.9 Å². The number of esters is 1. The van der Waals surface area contributed by atoms with Crippen LogP contribution in [0, 0.1) is 16.7 Å². The normalized spacial score (nSPS) is 12.0. The molecule has 0 saturated heterocycles. The second kappa shape index (κ2) is 12.7. The van der Waals surface area contributed by atoms with Crippen molar-refractivity contribution < 1.29 is 23.1 Å². The Morgan fingerprint density at radius 1 is 1.32 bits per heavy atom. The Labute approximate surface area is 229 Å². The summed E-state index contributed by atoms with van der Waals surface area (Å²) in [4.78, 5) is 29.0. The first-order chi connectivity index (χ1) is 18.1. The van der Waals surface area contributed by atoms with E-state index in [4.69, 9.17) is 15.9 Å². The van der Waals surface area contributed by atoms with Crippen LogP contribution in [0.15, 0.2) is 52.4 Å². The number of amides is 1. The van der Waals surface area contributed by atoms with Crippen LogP contribution in [-0.2, 0) is 14.3 Å². The minimum atomic E-state index is -4.01. The SMILES string of the molecule is CCOC(=O)C(CCCNC(=N)N)NC(=O)C(F)(F)Sc1ncc(Br)n1-c1ccc(C#N)c2ccccc12. The lowest BCUT2D eigenvalue weighted by Gasteiger charge is -2.21. The monoisotopic (exact) mass is 607 g/mol. The number of ether oxygens (including phenoxy) is 1. The highest BCUT2D eigenvalue weighted by molar-refractivity contribution is 9.10. The summed E-state index contributed by atoms with van der Waals surface area (Å²) in [6.07, 6.45) is 1.57. The fourth-order valence-corrected chi connectivity index (χ4v) is 4.96. The molecule has 10 nitrogen and oxygen atoms in total. The largest absolute Gasteiger partial charge is 0.464 e. The van der Waals surface area contributed by atoms with Gasteiger partial charge in [0.15, 0.2) is 11.1 Å². The van der Waals surface area contributed by atoms with Crippen molar-refractivity contribution >= 4 is 56.3 Å². The number of fused-ring (bicyclic) bond motifs is 1. The highest BCUT2D eigenvalue weighted by atomic mass is 79.9. The van der Waals surface area contributed by atoms with Gasteiger partial charge in [-0.05, 0) is 59.6 Å². The number of halogens is 3. The van der Waals surface area contributed by atoms with Crippen molar-refractivity contribution in [3.8, 4) is 11.8 Å². The molecule has 0 fully saturated rings. The maximum atomic E-state index is 15.2. The van der Waals surface area contributed by atoms with Crippen molar-refractivity contribution in [1.82, 2.24) is 20.2 Å². The Morgan fingerprint density at radius 2 is 2.03 bits per heavy atom. The minimum Gasteiger partial charge on any atom is -0.464 e. The van der Waals surface area contributed by atoms with Crippen molar-refractivity contribution in [2.45, 2.75) is 36.2 Å². The molecule has 0 saturated carbocycles. The van der Waals surface area contributed by atoms with Crippen molar-refractivity contribution in [2.75, 3.05) is 13.2 Å². The molecule has 0 aliphatic heterocycles. The molecule has 1 atom stereocenters. The van der Waals surface area contributed by atoms with E-state index in [1.165, 1.54) is 10.8 Å². The van der Waals surface area contributed by atoms with Crippen LogP contribution in [-0.4, -0.2) is 51.8 Å². The molecule has 1 aromatic heterocycles. The number of aromatic nitrogens is 2. The van der Waals surface area contributed by atoms with Crippen LogP contribution in [0.25, 0.3) is 16.5 Å². The van der Waals surface area contributed by atoms with Crippen LogP contribution in [0.5, 0.6) is 0 Å². The van der Waals surface area contributed by atoms with Crippen LogP contribution in [0.1, 0.15) is 25.3 Å². The number of hydrogen-bond acceptors (Lipinski definition) is 7. The number of imidazole rings is 1. The van der Waals surface area contributed by atoms with E-state index in [1.807, 2.05) is 0 Å². The van der Waals surface area contributed by atoms with E-state index in [-0.39, 0.29) is 48.9 Å². The summed E-state index contributed by atoms with van der Waals surface area (Å²) in [5.41, 5.74) is 6.11. The van der Waals surface area contributed by atoms with Gasteiger partial charge in [-0.25, -0.2) is 9.78 Å². The number of nitrogens with zero attached hydrogens (tertiary/aromatic N) is 3. The summed E-state index contributed by atoms with van der Waals surface area (Å²) >= 11 is 3.24. The van der Waals surface area contributed by atoms with E-state index >= 15 is 8.78 Å². The van der Waals surface area contributed by atoms with E-state index < -0.39 is 23.2 Å².